The lowest BCUT2D eigenvalue weighted by atomic mass is 9.99. The Bertz CT molecular complexity index is 605. The van der Waals surface area contributed by atoms with E-state index in [2.05, 4.69) is 0 Å². The number of hydrogen-bond donors (Lipinski definition) is 0. The second-order valence-corrected chi connectivity index (χ2v) is 6.25. The van der Waals surface area contributed by atoms with Crippen molar-refractivity contribution in [3.63, 3.8) is 0 Å². The molecule has 0 radical (unpaired) electrons. The zero-order valence-electron chi connectivity index (χ0n) is 13.2. The second kappa shape index (κ2) is 6.02. The fourth-order valence-corrected chi connectivity index (χ4v) is 3.75. The number of fused-ring (bicyclic) bond motifs is 2. The number of ether oxygens (including phenoxy) is 4. The summed E-state index contributed by atoms with van der Waals surface area (Å²) in [5.41, 5.74) is 0.647. The minimum atomic E-state index is 0.0459. The van der Waals surface area contributed by atoms with E-state index in [-0.39, 0.29) is 30.9 Å². The molecule has 6 nitrogen and oxygen atoms in total. The summed E-state index contributed by atoms with van der Waals surface area (Å²) < 4.78 is 21.9. The van der Waals surface area contributed by atoms with Gasteiger partial charge in [-0.3, -0.25) is 4.79 Å². The molecule has 0 aliphatic carbocycles. The van der Waals surface area contributed by atoms with E-state index in [4.69, 9.17) is 18.9 Å². The predicted octanol–water partition coefficient (Wildman–Crippen LogP) is 1.82. The Morgan fingerprint density at radius 1 is 1.26 bits per heavy atom. The highest BCUT2D eigenvalue weighted by molar-refractivity contribution is 5.95. The van der Waals surface area contributed by atoms with E-state index in [1.165, 1.54) is 0 Å². The Hall–Kier alpha value is -1.79. The Labute approximate surface area is 135 Å². The summed E-state index contributed by atoms with van der Waals surface area (Å²) in [5.74, 6) is 1.39. The van der Waals surface area contributed by atoms with Gasteiger partial charge >= 0.3 is 0 Å². The molecule has 6 heteroatoms. The van der Waals surface area contributed by atoms with Gasteiger partial charge in [-0.25, -0.2) is 0 Å². The monoisotopic (exact) mass is 319 g/mol. The van der Waals surface area contributed by atoms with Gasteiger partial charge in [0, 0.05) is 19.2 Å². The number of benzene rings is 1. The third-order valence-electron chi connectivity index (χ3n) is 4.87. The number of nitrogens with zero attached hydrogens (tertiary/aromatic N) is 1. The molecule has 3 atom stereocenters. The predicted molar refractivity (Wildman–Crippen MR) is 81.8 cm³/mol. The van der Waals surface area contributed by atoms with Gasteiger partial charge in [-0.15, -0.1) is 0 Å². The molecule has 0 saturated carbocycles. The van der Waals surface area contributed by atoms with E-state index in [0.717, 1.165) is 25.8 Å². The van der Waals surface area contributed by atoms with Crippen molar-refractivity contribution in [3.05, 3.63) is 23.8 Å². The van der Waals surface area contributed by atoms with Gasteiger partial charge in [0.05, 0.1) is 24.9 Å². The third kappa shape index (κ3) is 2.66. The van der Waals surface area contributed by atoms with Crippen molar-refractivity contribution >= 4 is 5.91 Å². The van der Waals surface area contributed by atoms with Crippen LogP contribution in [-0.2, 0) is 9.47 Å². The molecular formula is C17H21NO5. The minimum absolute atomic E-state index is 0.0459. The van der Waals surface area contributed by atoms with Crippen molar-refractivity contribution in [2.75, 3.05) is 27.1 Å². The Morgan fingerprint density at radius 3 is 3.00 bits per heavy atom. The van der Waals surface area contributed by atoms with Gasteiger partial charge in [0.15, 0.2) is 11.5 Å². The number of likely N-dealkylation sites (tertiary alicyclic amines) is 1. The van der Waals surface area contributed by atoms with Gasteiger partial charge in [-0.2, -0.15) is 0 Å². The Kier molecular flexibility index (Phi) is 3.87. The van der Waals surface area contributed by atoms with Crippen LogP contribution in [0.2, 0.25) is 0 Å². The van der Waals surface area contributed by atoms with Crippen molar-refractivity contribution in [1.29, 1.82) is 0 Å². The van der Waals surface area contributed by atoms with Crippen LogP contribution in [0.5, 0.6) is 11.5 Å². The largest absolute Gasteiger partial charge is 0.454 e. The SMILES string of the molecule is COC[C@@H]1CC[C@H]2[C@H](CCN2C(=O)c2ccc3c(c2)OCO3)O1. The molecule has 2 fully saturated rings. The fraction of sp³-hybridized carbons (Fsp3) is 0.588. The number of rotatable bonds is 3. The summed E-state index contributed by atoms with van der Waals surface area (Å²) in [5, 5.41) is 0. The molecule has 0 N–H and O–H groups in total. The van der Waals surface area contributed by atoms with E-state index in [1.54, 1.807) is 25.3 Å². The number of carbonyl (C=O) groups is 1. The molecule has 0 bridgehead atoms. The van der Waals surface area contributed by atoms with E-state index in [0.29, 0.717) is 23.7 Å². The first kappa shape index (κ1) is 14.8. The topological polar surface area (TPSA) is 57.2 Å². The standard InChI is InChI=1S/C17H21NO5/c1-20-9-12-3-4-13-14(23-12)6-7-18(13)17(19)11-2-5-15-16(8-11)22-10-21-15/h2,5,8,12-14H,3-4,6-7,9-10H2,1H3/t12-,13-,14-/m0/s1. The maximum absolute atomic E-state index is 12.9. The minimum Gasteiger partial charge on any atom is -0.454 e. The highest BCUT2D eigenvalue weighted by Crippen LogP contribution is 2.35. The zero-order valence-corrected chi connectivity index (χ0v) is 13.2. The average molecular weight is 319 g/mol. The lowest BCUT2D eigenvalue weighted by molar-refractivity contribution is -0.0902. The molecule has 3 aliphatic rings. The normalized spacial score (nSPS) is 28.7. The van der Waals surface area contributed by atoms with Crippen LogP contribution in [0.4, 0.5) is 0 Å². The molecule has 3 heterocycles. The first-order chi connectivity index (χ1) is 11.3. The molecule has 0 unspecified atom stereocenters. The van der Waals surface area contributed by atoms with Gasteiger partial charge in [0.1, 0.15) is 0 Å². The van der Waals surface area contributed by atoms with Crippen LogP contribution in [0, 0.1) is 0 Å². The van der Waals surface area contributed by atoms with Gasteiger partial charge in [-0.1, -0.05) is 0 Å². The lowest BCUT2D eigenvalue weighted by Crippen LogP contribution is -2.45. The van der Waals surface area contributed by atoms with Gasteiger partial charge in [-0.05, 0) is 37.5 Å². The van der Waals surface area contributed by atoms with Crippen LogP contribution in [0.1, 0.15) is 29.6 Å². The molecule has 124 valence electrons. The molecule has 0 spiro atoms. The summed E-state index contributed by atoms with van der Waals surface area (Å²) in [6, 6.07) is 5.55. The van der Waals surface area contributed by atoms with Crippen molar-refractivity contribution in [1.82, 2.24) is 4.90 Å². The van der Waals surface area contributed by atoms with E-state index in [9.17, 15) is 4.79 Å². The number of carbonyl (C=O) groups excluding carboxylic acids is 1. The summed E-state index contributed by atoms with van der Waals surface area (Å²) in [7, 11) is 1.69. The van der Waals surface area contributed by atoms with Crippen molar-refractivity contribution < 1.29 is 23.7 Å². The van der Waals surface area contributed by atoms with E-state index < -0.39 is 0 Å². The van der Waals surface area contributed by atoms with Gasteiger partial charge in [0.2, 0.25) is 6.79 Å². The van der Waals surface area contributed by atoms with Crippen LogP contribution in [-0.4, -0.2) is 56.1 Å². The van der Waals surface area contributed by atoms with Gasteiger partial charge < -0.3 is 23.8 Å². The molecule has 3 aliphatic heterocycles. The molecule has 23 heavy (non-hydrogen) atoms. The molecule has 0 aromatic heterocycles. The van der Waals surface area contributed by atoms with Crippen molar-refractivity contribution in [2.24, 2.45) is 0 Å². The number of hydrogen-bond acceptors (Lipinski definition) is 5. The quantitative estimate of drug-likeness (QED) is 0.851. The second-order valence-electron chi connectivity index (χ2n) is 6.25. The van der Waals surface area contributed by atoms with Crippen molar-refractivity contribution in [2.45, 2.75) is 37.5 Å². The van der Waals surface area contributed by atoms with Crippen LogP contribution in [0.25, 0.3) is 0 Å². The van der Waals surface area contributed by atoms with Crippen LogP contribution < -0.4 is 9.47 Å². The third-order valence-corrected chi connectivity index (χ3v) is 4.87. The molecule has 1 amide bonds. The summed E-state index contributed by atoms with van der Waals surface area (Å²) >= 11 is 0. The lowest BCUT2D eigenvalue weighted by Gasteiger charge is -2.35. The maximum Gasteiger partial charge on any atom is 0.254 e. The summed E-state index contributed by atoms with van der Waals surface area (Å²) in [6.07, 6.45) is 3.07. The molecular weight excluding hydrogens is 298 g/mol. The van der Waals surface area contributed by atoms with Crippen LogP contribution >= 0.6 is 0 Å². The fourth-order valence-electron chi connectivity index (χ4n) is 3.75. The van der Waals surface area contributed by atoms with E-state index >= 15 is 0 Å². The smallest absolute Gasteiger partial charge is 0.254 e. The summed E-state index contributed by atoms with van der Waals surface area (Å²) in [4.78, 5) is 14.8. The zero-order chi connectivity index (χ0) is 15.8. The molecule has 4 rings (SSSR count). The average Bonchev–Trinajstić information content (AvgIpc) is 3.20. The maximum atomic E-state index is 12.9. The van der Waals surface area contributed by atoms with Crippen LogP contribution in [0.15, 0.2) is 18.2 Å². The van der Waals surface area contributed by atoms with Gasteiger partial charge in [0.25, 0.3) is 5.91 Å². The van der Waals surface area contributed by atoms with Crippen LogP contribution in [0.3, 0.4) is 0 Å². The van der Waals surface area contributed by atoms with Crippen molar-refractivity contribution in [3.8, 4) is 11.5 Å². The summed E-state index contributed by atoms with van der Waals surface area (Å²) in [6.45, 7) is 1.58. The molecule has 2 saturated heterocycles. The highest BCUT2D eigenvalue weighted by Gasteiger charge is 2.42. The number of amides is 1. The van der Waals surface area contributed by atoms with E-state index in [1.807, 2.05) is 4.90 Å². The Balaban J connectivity index is 1.47. The molecule has 1 aromatic rings. The first-order valence-electron chi connectivity index (χ1n) is 8.11. The molecule has 1 aromatic carbocycles. The Morgan fingerprint density at radius 2 is 2.13 bits per heavy atom. The first-order valence-corrected chi connectivity index (χ1v) is 8.11. The highest BCUT2D eigenvalue weighted by atomic mass is 16.7. The number of methoxy groups -OCH3 is 1.